The number of carbonyl (C=O) groups is 1. The standard InChI is InChI=1S/C16H14N4O3S/c1-3-23-16(22)12-7-13(21)11-6-9(2)24-15(11)14(12)20-19-10-4-5-17-18-8-10/h4-8,21H,3H2,1-2H3. The van der Waals surface area contributed by atoms with Crippen molar-refractivity contribution in [2.24, 2.45) is 10.2 Å². The summed E-state index contributed by atoms with van der Waals surface area (Å²) in [6, 6.07) is 4.86. The number of thiophene rings is 1. The maximum Gasteiger partial charge on any atom is 0.340 e. The van der Waals surface area contributed by atoms with Gasteiger partial charge in [-0.1, -0.05) is 0 Å². The molecule has 0 amide bonds. The number of fused-ring (bicyclic) bond motifs is 1. The minimum absolute atomic E-state index is 0.0157. The Labute approximate surface area is 141 Å². The number of hydrogen-bond donors (Lipinski definition) is 1. The van der Waals surface area contributed by atoms with E-state index in [0.717, 1.165) is 4.88 Å². The SMILES string of the molecule is CCOC(=O)c1cc(O)c2cc(C)sc2c1N=Nc1ccnnc1. The topological polar surface area (TPSA) is 97.0 Å². The molecule has 0 saturated carbocycles. The molecular formula is C16H14N4O3S. The number of carbonyl (C=O) groups excluding carboxylic acids is 1. The summed E-state index contributed by atoms with van der Waals surface area (Å²) in [7, 11) is 0. The zero-order chi connectivity index (χ0) is 17.1. The Kier molecular flexibility index (Phi) is 4.48. The molecule has 0 radical (unpaired) electrons. The molecule has 3 rings (SSSR count). The van der Waals surface area contributed by atoms with Crippen LogP contribution in [0.3, 0.4) is 0 Å². The highest BCUT2D eigenvalue weighted by atomic mass is 32.1. The number of rotatable bonds is 4. The van der Waals surface area contributed by atoms with Crippen molar-refractivity contribution in [3.63, 3.8) is 0 Å². The Morgan fingerprint density at radius 2 is 2.17 bits per heavy atom. The van der Waals surface area contributed by atoms with Gasteiger partial charge in [0.15, 0.2) is 0 Å². The van der Waals surface area contributed by atoms with E-state index in [9.17, 15) is 9.90 Å². The van der Waals surface area contributed by atoms with E-state index in [0.29, 0.717) is 21.5 Å². The lowest BCUT2D eigenvalue weighted by Gasteiger charge is -2.07. The number of aromatic nitrogens is 2. The molecule has 8 heteroatoms. The zero-order valence-corrected chi connectivity index (χ0v) is 13.9. The molecule has 2 aromatic heterocycles. The van der Waals surface area contributed by atoms with Crippen LogP contribution < -0.4 is 0 Å². The van der Waals surface area contributed by atoms with Gasteiger partial charge in [0.25, 0.3) is 0 Å². The molecule has 0 aliphatic carbocycles. The summed E-state index contributed by atoms with van der Waals surface area (Å²) >= 11 is 1.43. The lowest BCUT2D eigenvalue weighted by atomic mass is 10.1. The van der Waals surface area contributed by atoms with E-state index in [1.807, 2.05) is 13.0 Å². The van der Waals surface area contributed by atoms with Gasteiger partial charge in [0.05, 0.1) is 29.3 Å². The van der Waals surface area contributed by atoms with Crippen LogP contribution in [0.4, 0.5) is 11.4 Å². The fourth-order valence-electron chi connectivity index (χ4n) is 2.20. The predicted octanol–water partition coefficient (Wildman–Crippen LogP) is 4.30. The van der Waals surface area contributed by atoms with Crippen LogP contribution in [0.25, 0.3) is 10.1 Å². The third-order valence-corrected chi connectivity index (χ3v) is 4.27. The Hall–Kier alpha value is -2.87. The maximum atomic E-state index is 12.2. The molecule has 0 spiro atoms. The molecule has 122 valence electrons. The first-order valence-electron chi connectivity index (χ1n) is 7.21. The van der Waals surface area contributed by atoms with Gasteiger partial charge in [0, 0.05) is 10.3 Å². The van der Waals surface area contributed by atoms with E-state index >= 15 is 0 Å². The average molecular weight is 342 g/mol. The normalized spacial score (nSPS) is 11.2. The highest BCUT2D eigenvalue weighted by Crippen LogP contribution is 2.42. The molecule has 0 saturated heterocycles. The first-order valence-corrected chi connectivity index (χ1v) is 8.03. The second-order valence-electron chi connectivity index (χ2n) is 4.91. The number of ether oxygens (including phenoxy) is 1. The number of esters is 1. The number of aryl methyl sites for hydroxylation is 1. The number of hydrogen-bond acceptors (Lipinski definition) is 8. The number of benzene rings is 1. The highest BCUT2D eigenvalue weighted by molar-refractivity contribution is 7.19. The quantitative estimate of drug-likeness (QED) is 0.563. The lowest BCUT2D eigenvalue weighted by molar-refractivity contribution is 0.0527. The second-order valence-corrected chi connectivity index (χ2v) is 6.17. The zero-order valence-electron chi connectivity index (χ0n) is 13.1. The summed E-state index contributed by atoms with van der Waals surface area (Å²) in [4.78, 5) is 13.2. The largest absolute Gasteiger partial charge is 0.507 e. The van der Waals surface area contributed by atoms with Crippen LogP contribution >= 0.6 is 11.3 Å². The smallest absolute Gasteiger partial charge is 0.340 e. The molecule has 0 aliphatic rings. The minimum Gasteiger partial charge on any atom is -0.507 e. The van der Waals surface area contributed by atoms with E-state index in [1.165, 1.54) is 29.8 Å². The second kappa shape index (κ2) is 6.71. The monoisotopic (exact) mass is 342 g/mol. The molecule has 0 aliphatic heterocycles. The van der Waals surface area contributed by atoms with Crippen molar-refractivity contribution in [2.45, 2.75) is 13.8 Å². The minimum atomic E-state index is -0.553. The summed E-state index contributed by atoms with van der Waals surface area (Å²) in [6.07, 6.45) is 2.97. The van der Waals surface area contributed by atoms with Crippen LogP contribution in [0, 0.1) is 6.92 Å². The lowest BCUT2D eigenvalue weighted by Crippen LogP contribution is -2.04. The Morgan fingerprint density at radius 1 is 1.33 bits per heavy atom. The van der Waals surface area contributed by atoms with Crippen molar-refractivity contribution in [1.82, 2.24) is 10.2 Å². The van der Waals surface area contributed by atoms with Crippen molar-refractivity contribution >= 4 is 38.8 Å². The summed E-state index contributed by atoms with van der Waals surface area (Å²) in [6.45, 7) is 3.86. The fourth-order valence-corrected chi connectivity index (χ4v) is 3.22. The van der Waals surface area contributed by atoms with Crippen LogP contribution in [0.15, 0.2) is 40.8 Å². The van der Waals surface area contributed by atoms with Crippen LogP contribution in [-0.2, 0) is 4.74 Å². The first-order chi connectivity index (χ1) is 11.6. The Morgan fingerprint density at radius 3 is 2.88 bits per heavy atom. The van der Waals surface area contributed by atoms with Crippen molar-refractivity contribution in [1.29, 1.82) is 0 Å². The van der Waals surface area contributed by atoms with Gasteiger partial charge in [-0.15, -0.1) is 21.6 Å². The highest BCUT2D eigenvalue weighted by Gasteiger charge is 2.20. The van der Waals surface area contributed by atoms with Crippen LogP contribution in [-0.4, -0.2) is 27.9 Å². The van der Waals surface area contributed by atoms with Crippen LogP contribution in [0.1, 0.15) is 22.2 Å². The van der Waals surface area contributed by atoms with Gasteiger partial charge >= 0.3 is 5.97 Å². The molecule has 7 nitrogen and oxygen atoms in total. The van der Waals surface area contributed by atoms with Gasteiger partial charge in [-0.05, 0) is 32.0 Å². The fraction of sp³-hybridized carbons (Fsp3) is 0.188. The van der Waals surface area contributed by atoms with E-state index < -0.39 is 5.97 Å². The summed E-state index contributed by atoms with van der Waals surface area (Å²) < 4.78 is 5.74. The third kappa shape index (κ3) is 3.09. The van der Waals surface area contributed by atoms with Gasteiger partial charge < -0.3 is 9.84 Å². The molecule has 2 heterocycles. The van der Waals surface area contributed by atoms with Crippen molar-refractivity contribution in [3.05, 3.63) is 41.0 Å². The van der Waals surface area contributed by atoms with E-state index in [1.54, 1.807) is 13.0 Å². The predicted molar refractivity (Wildman–Crippen MR) is 90.4 cm³/mol. The van der Waals surface area contributed by atoms with Crippen molar-refractivity contribution < 1.29 is 14.6 Å². The summed E-state index contributed by atoms with van der Waals surface area (Å²) in [5.74, 6) is -0.538. The Bertz CT molecular complexity index is 922. The molecule has 1 N–H and O–H groups in total. The summed E-state index contributed by atoms with van der Waals surface area (Å²) in [5, 5.41) is 26.6. The van der Waals surface area contributed by atoms with Crippen molar-refractivity contribution in [2.75, 3.05) is 6.61 Å². The van der Waals surface area contributed by atoms with E-state index in [2.05, 4.69) is 20.4 Å². The first kappa shape index (κ1) is 16.0. The molecular weight excluding hydrogens is 328 g/mol. The van der Waals surface area contributed by atoms with Gasteiger partial charge in [0.2, 0.25) is 0 Å². The summed E-state index contributed by atoms with van der Waals surface area (Å²) in [5.41, 5.74) is 1.06. The molecule has 24 heavy (non-hydrogen) atoms. The van der Waals surface area contributed by atoms with Crippen LogP contribution in [0.2, 0.25) is 0 Å². The number of azo groups is 1. The number of aromatic hydroxyl groups is 1. The van der Waals surface area contributed by atoms with Gasteiger partial charge in [-0.25, -0.2) is 4.79 Å². The molecule has 0 fully saturated rings. The van der Waals surface area contributed by atoms with Gasteiger partial charge in [-0.3, -0.25) is 0 Å². The maximum absolute atomic E-state index is 12.2. The third-order valence-electron chi connectivity index (χ3n) is 3.21. The van der Waals surface area contributed by atoms with Gasteiger partial charge in [0.1, 0.15) is 17.1 Å². The van der Waals surface area contributed by atoms with E-state index in [4.69, 9.17) is 4.74 Å². The van der Waals surface area contributed by atoms with E-state index in [-0.39, 0.29) is 17.9 Å². The molecule has 3 aromatic rings. The number of phenols is 1. The molecule has 0 unspecified atom stereocenters. The molecule has 1 aromatic carbocycles. The van der Waals surface area contributed by atoms with Gasteiger partial charge in [-0.2, -0.15) is 10.2 Å². The van der Waals surface area contributed by atoms with Crippen LogP contribution in [0.5, 0.6) is 5.75 Å². The average Bonchev–Trinajstić information content (AvgIpc) is 2.97. The molecule has 0 atom stereocenters. The number of phenolic OH excluding ortho intramolecular Hbond substituents is 1. The molecule has 0 bridgehead atoms. The Balaban J connectivity index is 2.18. The van der Waals surface area contributed by atoms with Crippen molar-refractivity contribution in [3.8, 4) is 5.75 Å². The number of nitrogens with zero attached hydrogens (tertiary/aromatic N) is 4.